The normalized spacial score (nSPS) is 17.0. The Morgan fingerprint density at radius 2 is 2.09 bits per heavy atom. The minimum Gasteiger partial charge on any atom is -0.392 e. The van der Waals surface area contributed by atoms with Crippen LogP contribution in [0, 0.1) is 0 Å². The Bertz CT molecular complexity index is 520. The third-order valence-electron chi connectivity index (χ3n) is 4.01. The summed E-state index contributed by atoms with van der Waals surface area (Å²) in [6.45, 7) is 7.02. The second-order valence-corrected chi connectivity index (χ2v) is 5.95. The van der Waals surface area contributed by atoms with Gasteiger partial charge in [-0.15, -0.1) is 0 Å². The van der Waals surface area contributed by atoms with Gasteiger partial charge in [0.1, 0.15) is 0 Å². The number of rotatable bonds is 6. The van der Waals surface area contributed by atoms with E-state index in [1.165, 1.54) is 11.1 Å². The molecule has 4 heteroatoms. The first-order valence-electron chi connectivity index (χ1n) is 8.04. The van der Waals surface area contributed by atoms with Crippen LogP contribution in [-0.4, -0.2) is 48.2 Å². The molecule has 0 saturated carbocycles. The van der Waals surface area contributed by atoms with Gasteiger partial charge >= 0.3 is 0 Å². The number of aryl methyl sites for hydroxylation is 1. The number of hydrogen-bond acceptors (Lipinski definition) is 3. The third kappa shape index (κ3) is 4.97. The number of carbonyl (C=O) groups excluding carboxylic acids is 1. The predicted octanol–water partition coefficient (Wildman–Crippen LogP) is 1.99. The molecule has 0 saturated heterocycles. The number of aliphatic hydroxyl groups is 1. The van der Waals surface area contributed by atoms with E-state index < -0.39 is 0 Å². The molecule has 1 aliphatic heterocycles. The fourth-order valence-electron chi connectivity index (χ4n) is 2.64. The Balaban J connectivity index is 1.80. The van der Waals surface area contributed by atoms with Gasteiger partial charge in [0.15, 0.2) is 0 Å². The van der Waals surface area contributed by atoms with Crippen LogP contribution in [0.1, 0.15) is 36.2 Å². The number of carbonyl (C=O) groups is 1. The molecular formula is C18H26N2O2. The zero-order valence-electron chi connectivity index (χ0n) is 13.5. The second-order valence-electron chi connectivity index (χ2n) is 5.95. The molecule has 0 fully saturated rings. The van der Waals surface area contributed by atoms with Gasteiger partial charge in [-0.2, -0.15) is 0 Å². The van der Waals surface area contributed by atoms with Gasteiger partial charge in [-0.05, 0) is 37.5 Å². The van der Waals surface area contributed by atoms with E-state index in [1.807, 2.05) is 31.2 Å². The number of nitrogens with one attached hydrogen (secondary N) is 1. The molecular weight excluding hydrogens is 276 g/mol. The highest BCUT2D eigenvalue weighted by atomic mass is 16.3. The average molecular weight is 302 g/mol. The SMILES string of the molecule is CCc1ccc(C(=O)NCC2=CCN(C[C@H](C)O)CC2)cc1. The van der Waals surface area contributed by atoms with E-state index in [0.717, 1.165) is 25.9 Å². The summed E-state index contributed by atoms with van der Waals surface area (Å²) in [5, 5.41) is 12.4. The summed E-state index contributed by atoms with van der Waals surface area (Å²) in [6.07, 6.45) is 3.80. The molecule has 1 atom stereocenters. The van der Waals surface area contributed by atoms with Crippen LogP contribution in [0.2, 0.25) is 0 Å². The van der Waals surface area contributed by atoms with Crippen LogP contribution >= 0.6 is 0 Å². The first-order chi connectivity index (χ1) is 10.6. The monoisotopic (exact) mass is 302 g/mol. The quantitative estimate of drug-likeness (QED) is 0.790. The lowest BCUT2D eigenvalue weighted by Crippen LogP contribution is -2.36. The fourth-order valence-corrected chi connectivity index (χ4v) is 2.64. The number of nitrogens with zero attached hydrogens (tertiary/aromatic N) is 1. The third-order valence-corrected chi connectivity index (χ3v) is 4.01. The molecule has 0 bridgehead atoms. The summed E-state index contributed by atoms with van der Waals surface area (Å²) in [5.74, 6) is -0.0186. The van der Waals surface area contributed by atoms with E-state index in [9.17, 15) is 9.90 Å². The molecule has 4 nitrogen and oxygen atoms in total. The van der Waals surface area contributed by atoms with Crippen LogP contribution in [-0.2, 0) is 6.42 Å². The maximum atomic E-state index is 12.1. The summed E-state index contributed by atoms with van der Waals surface area (Å²) < 4.78 is 0. The van der Waals surface area contributed by atoms with Crippen molar-refractivity contribution in [3.63, 3.8) is 0 Å². The smallest absolute Gasteiger partial charge is 0.251 e. The maximum absolute atomic E-state index is 12.1. The standard InChI is InChI=1S/C18H26N2O2/c1-3-15-4-6-17(7-5-15)18(22)19-12-16-8-10-20(11-9-16)13-14(2)21/h4-8,14,21H,3,9-13H2,1-2H3,(H,19,22)/t14-/m0/s1. The van der Waals surface area contributed by atoms with Gasteiger partial charge in [-0.3, -0.25) is 9.69 Å². The summed E-state index contributed by atoms with van der Waals surface area (Å²) >= 11 is 0. The minimum absolute atomic E-state index is 0.0186. The van der Waals surface area contributed by atoms with Crippen molar-refractivity contribution in [1.82, 2.24) is 10.2 Å². The average Bonchev–Trinajstić information content (AvgIpc) is 2.53. The minimum atomic E-state index is -0.291. The molecule has 1 amide bonds. The lowest BCUT2D eigenvalue weighted by molar-refractivity contribution is 0.0956. The van der Waals surface area contributed by atoms with Crippen LogP contribution in [0.15, 0.2) is 35.9 Å². The molecule has 0 unspecified atom stereocenters. The molecule has 1 aromatic carbocycles. The first-order valence-corrected chi connectivity index (χ1v) is 8.04. The Morgan fingerprint density at radius 3 is 2.64 bits per heavy atom. The van der Waals surface area contributed by atoms with Crippen molar-refractivity contribution in [2.45, 2.75) is 32.8 Å². The van der Waals surface area contributed by atoms with Gasteiger partial charge in [-0.25, -0.2) is 0 Å². The Morgan fingerprint density at radius 1 is 1.36 bits per heavy atom. The second kappa shape index (κ2) is 8.11. The van der Waals surface area contributed by atoms with Crippen molar-refractivity contribution in [2.24, 2.45) is 0 Å². The van der Waals surface area contributed by atoms with Gasteiger partial charge in [-0.1, -0.05) is 30.7 Å². The Hall–Kier alpha value is -1.65. The topological polar surface area (TPSA) is 52.6 Å². The van der Waals surface area contributed by atoms with Gasteiger partial charge in [0.2, 0.25) is 0 Å². The molecule has 2 N–H and O–H groups in total. The van der Waals surface area contributed by atoms with Crippen LogP contribution in [0.5, 0.6) is 0 Å². The van der Waals surface area contributed by atoms with Crippen molar-refractivity contribution in [3.05, 3.63) is 47.0 Å². The molecule has 1 aliphatic rings. The highest BCUT2D eigenvalue weighted by molar-refractivity contribution is 5.94. The van der Waals surface area contributed by atoms with Gasteiger partial charge in [0.05, 0.1) is 6.10 Å². The van der Waals surface area contributed by atoms with Crippen LogP contribution < -0.4 is 5.32 Å². The van der Waals surface area contributed by atoms with Crippen molar-refractivity contribution < 1.29 is 9.90 Å². The van der Waals surface area contributed by atoms with Gasteiger partial charge in [0, 0.05) is 31.7 Å². The molecule has 0 spiro atoms. The maximum Gasteiger partial charge on any atom is 0.251 e. The van der Waals surface area contributed by atoms with E-state index in [-0.39, 0.29) is 12.0 Å². The number of hydrogen-bond donors (Lipinski definition) is 2. The largest absolute Gasteiger partial charge is 0.392 e. The fraction of sp³-hybridized carbons (Fsp3) is 0.500. The predicted molar refractivity (Wildman–Crippen MR) is 89.0 cm³/mol. The zero-order chi connectivity index (χ0) is 15.9. The first kappa shape index (κ1) is 16.7. The van der Waals surface area contributed by atoms with E-state index >= 15 is 0 Å². The highest BCUT2D eigenvalue weighted by Gasteiger charge is 2.14. The van der Waals surface area contributed by atoms with Crippen molar-refractivity contribution in [3.8, 4) is 0 Å². The van der Waals surface area contributed by atoms with Gasteiger partial charge in [0.25, 0.3) is 5.91 Å². The van der Waals surface area contributed by atoms with Crippen LogP contribution in [0.4, 0.5) is 0 Å². The van der Waals surface area contributed by atoms with Crippen molar-refractivity contribution in [2.75, 3.05) is 26.2 Å². The van der Waals surface area contributed by atoms with E-state index in [0.29, 0.717) is 18.7 Å². The number of aliphatic hydroxyl groups excluding tert-OH is 1. The lowest BCUT2D eigenvalue weighted by Gasteiger charge is -2.27. The summed E-state index contributed by atoms with van der Waals surface area (Å²) in [5.41, 5.74) is 3.22. The molecule has 0 aromatic heterocycles. The Labute approximate surface area is 132 Å². The number of β-amino-alcohol motifs (C(OH)–C–C–N with tert-alkyl or cyclic N) is 1. The molecule has 0 aliphatic carbocycles. The number of amides is 1. The number of benzene rings is 1. The summed E-state index contributed by atoms with van der Waals surface area (Å²) in [6, 6.07) is 7.77. The van der Waals surface area contributed by atoms with Crippen molar-refractivity contribution >= 4 is 5.91 Å². The molecule has 2 rings (SSSR count). The molecule has 120 valence electrons. The van der Waals surface area contributed by atoms with Crippen LogP contribution in [0.25, 0.3) is 0 Å². The molecule has 0 radical (unpaired) electrons. The summed E-state index contributed by atoms with van der Waals surface area (Å²) in [4.78, 5) is 14.3. The molecule has 1 heterocycles. The molecule has 1 aromatic rings. The van der Waals surface area contributed by atoms with Crippen molar-refractivity contribution in [1.29, 1.82) is 0 Å². The molecule has 22 heavy (non-hydrogen) atoms. The summed E-state index contributed by atoms with van der Waals surface area (Å²) in [7, 11) is 0. The lowest BCUT2D eigenvalue weighted by atomic mass is 10.1. The van der Waals surface area contributed by atoms with E-state index in [2.05, 4.69) is 23.2 Å². The van der Waals surface area contributed by atoms with Crippen LogP contribution in [0.3, 0.4) is 0 Å². The van der Waals surface area contributed by atoms with Gasteiger partial charge < -0.3 is 10.4 Å². The van der Waals surface area contributed by atoms with E-state index in [4.69, 9.17) is 0 Å². The van der Waals surface area contributed by atoms with E-state index in [1.54, 1.807) is 0 Å². The highest BCUT2D eigenvalue weighted by Crippen LogP contribution is 2.11. The zero-order valence-corrected chi connectivity index (χ0v) is 13.5. The Kier molecular flexibility index (Phi) is 6.16.